The van der Waals surface area contributed by atoms with Crippen LogP contribution in [-0.4, -0.2) is 30.0 Å². The fourth-order valence-electron chi connectivity index (χ4n) is 2.52. The van der Waals surface area contributed by atoms with E-state index in [0.29, 0.717) is 12.8 Å². The van der Waals surface area contributed by atoms with Crippen LogP contribution in [0.4, 0.5) is 11.4 Å². The van der Waals surface area contributed by atoms with E-state index in [1.165, 1.54) is 19.2 Å². The summed E-state index contributed by atoms with van der Waals surface area (Å²) in [6, 6.07) is 3.67. The maximum absolute atomic E-state index is 12.1. The first-order chi connectivity index (χ1) is 10.4. The molecule has 3 N–H and O–H groups in total. The van der Waals surface area contributed by atoms with Crippen molar-refractivity contribution in [2.24, 2.45) is 11.7 Å². The van der Waals surface area contributed by atoms with E-state index in [1.54, 1.807) is 0 Å². The Kier molecular flexibility index (Phi) is 6.47. The summed E-state index contributed by atoms with van der Waals surface area (Å²) in [5, 5.41) is 13.5. The first-order valence-corrected chi connectivity index (χ1v) is 6.85. The Balaban J connectivity index is 0.00000264. The number of anilines is 1. The number of benzene rings is 1. The number of carbonyl (C=O) groups excluding carboxylic acids is 2. The molecule has 0 spiro atoms. The van der Waals surface area contributed by atoms with E-state index in [1.807, 2.05) is 0 Å². The number of hydrogen-bond acceptors (Lipinski definition) is 6. The van der Waals surface area contributed by atoms with Gasteiger partial charge in [0.15, 0.2) is 0 Å². The predicted molar refractivity (Wildman–Crippen MR) is 85.6 cm³/mol. The summed E-state index contributed by atoms with van der Waals surface area (Å²) in [5.74, 6) is -1.16. The molecule has 1 aliphatic rings. The molecule has 1 saturated carbocycles. The van der Waals surface area contributed by atoms with Crippen LogP contribution in [0.1, 0.15) is 29.6 Å². The number of amides is 1. The van der Waals surface area contributed by atoms with Gasteiger partial charge in [-0.2, -0.15) is 0 Å². The fraction of sp³-hybridized carbons (Fsp3) is 0.429. The molecule has 0 aromatic heterocycles. The summed E-state index contributed by atoms with van der Waals surface area (Å²) >= 11 is 0. The molecule has 2 atom stereocenters. The second kappa shape index (κ2) is 7.89. The van der Waals surface area contributed by atoms with Gasteiger partial charge < -0.3 is 15.8 Å². The van der Waals surface area contributed by atoms with Crippen LogP contribution in [0.15, 0.2) is 18.2 Å². The number of carbonyl (C=O) groups is 2. The molecular weight excluding hydrogens is 326 g/mol. The van der Waals surface area contributed by atoms with Crippen molar-refractivity contribution >= 4 is 35.7 Å². The largest absolute Gasteiger partial charge is 0.465 e. The Morgan fingerprint density at radius 1 is 1.35 bits per heavy atom. The van der Waals surface area contributed by atoms with E-state index in [0.717, 1.165) is 12.5 Å². The van der Waals surface area contributed by atoms with E-state index in [-0.39, 0.29) is 47.2 Å². The summed E-state index contributed by atoms with van der Waals surface area (Å²) in [5.41, 5.74) is 5.68. The van der Waals surface area contributed by atoms with Crippen LogP contribution in [0.2, 0.25) is 0 Å². The molecule has 1 aliphatic carbocycles. The highest BCUT2D eigenvalue weighted by molar-refractivity contribution is 5.96. The second-order valence-corrected chi connectivity index (χ2v) is 5.28. The summed E-state index contributed by atoms with van der Waals surface area (Å²) in [6.07, 6.45) is 2.05. The molecule has 0 heterocycles. The normalized spacial score (nSPS) is 19.6. The number of nitrogens with one attached hydrogen (secondary N) is 1. The van der Waals surface area contributed by atoms with Crippen molar-refractivity contribution in [3.8, 4) is 0 Å². The molecule has 2 unspecified atom stereocenters. The van der Waals surface area contributed by atoms with Gasteiger partial charge >= 0.3 is 5.97 Å². The molecule has 0 saturated heterocycles. The molecule has 0 radical (unpaired) electrons. The standard InChI is InChI=1S/C14H17N3O5.ClH/c1-22-14(19)9-5-11(7-12(6-9)17(20)21)16-13(18)8-2-3-10(15)4-8;/h5-8,10H,2-4,15H2,1H3,(H,16,18);1H. The van der Waals surface area contributed by atoms with Gasteiger partial charge in [0, 0.05) is 29.8 Å². The van der Waals surface area contributed by atoms with Crippen molar-refractivity contribution in [1.82, 2.24) is 0 Å². The minimum atomic E-state index is -0.706. The summed E-state index contributed by atoms with van der Waals surface area (Å²) in [7, 11) is 1.18. The van der Waals surface area contributed by atoms with Crippen molar-refractivity contribution in [3.63, 3.8) is 0 Å². The molecule has 1 aromatic rings. The number of methoxy groups -OCH3 is 1. The van der Waals surface area contributed by atoms with Gasteiger partial charge in [-0.1, -0.05) is 0 Å². The zero-order valence-corrected chi connectivity index (χ0v) is 13.3. The highest BCUT2D eigenvalue weighted by Crippen LogP contribution is 2.27. The molecular formula is C14H18ClN3O5. The smallest absolute Gasteiger partial charge is 0.338 e. The van der Waals surface area contributed by atoms with Gasteiger partial charge in [-0.3, -0.25) is 14.9 Å². The van der Waals surface area contributed by atoms with Crippen molar-refractivity contribution in [3.05, 3.63) is 33.9 Å². The van der Waals surface area contributed by atoms with Gasteiger partial charge in [0.25, 0.3) is 5.69 Å². The van der Waals surface area contributed by atoms with Crippen LogP contribution in [0.25, 0.3) is 0 Å². The minimum Gasteiger partial charge on any atom is -0.465 e. The molecule has 23 heavy (non-hydrogen) atoms. The number of nitrogens with zero attached hydrogens (tertiary/aromatic N) is 1. The lowest BCUT2D eigenvalue weighted by Crippen LogP contribution is -2.23. The SMILES string of the molecule is COC(=O)c1cc(NC(=O)C2CCC(N)C2)cc([N+](=O)[O-])c1.Cl. The van der Waals surface area contributed by atoms with E-state index >= 15 is 0 Å². The lowest BCUT2D eigenvalue weighted by Gasteiger charge is -2.11. The Morgan fingerprint density at radius 2 is 2.04 bits per heavy atom. The Morgan fingerprint density at radius 3 is 2.57 bits per heavy atom. The van der Waals surface area contributed by atoms with Crippen LogP contribution < -0.4 is 11.1 Å². The number of halogens is 1. The molecule has 1 amide bonds. The van der Waals surface area contributed by atoms with Crippen molar-refractivity contribution in [2.75, 3.05) is 12.4 Å². The molecule has 8 nitrogen and oxygen atoms in total. The number of nitrogens with two attached hydrogens (primary N) is 1. The maximum Gasteiger partial charge on any atom is 0.338 e. The molecule has 2 rings (SSSR count). The topological polar surface area (TPSA) is 125 Å². The van der Waals surface area contributed by atoms with Gasteiger partial charge in [0.1, 0.15) is 0 Å². The average Bonchev–Trinajstić information content (AvgIpc) is 2.92. The summed E-state index contributed by atoms with van der Waals surface area (Å²) in [6.45, 7) is 0. The molecule has 1 aromatic carbocycles. The van der Waals surface area contributed by atoms with E-state index in [2.05, 4.69) is 10.1 Å². The second-order valence-electron chi connectivity index (χ2n) is 5.28. The first-order valence-electron chi connectivity index (χ1n) is 6.85. The van der Waals surface area contributed by atoms with Gasteiger partial charge in [-0.05, 0) is 25.3 Å². The number of esters is 1. The minimum absolute atomic E-state index is 0. The molecule has 126 valence electrons. The van der Waals surface area contributed by atoms with Crippen LogP contribution in [0, 0.1) is 16.0 Å². The molecule has 0 bridgehead atoms. The zero-order chi connectivity index (χ0) is 16.3. The van der Waals surface area contributed by atoms with Gasteiger partial charge in [0.2, 0.25) is 5.91 Å². The van der Waals surface area contributed by atoms with Crippen molar-refractivity contribution < 1.29 is 19.2 Å². The van der Waals surface area contributed by atoms with Crippen LogP contribution in [0.5, 0.6) is 0 Å². The third-order valence-corrected chi connectivity index (χ3v) is 3.66. The van der Waals surface area contributed by atoms with Gasteiger partial charge in [-0.15, -0.1) is 12.4 Å². The maximum atomic E-state index is 12.1. The third kappa shape index (κ3) is 4.64. The number of hydrogen-bond donors (Lipinski definition) is 2. The molecule has 0 aliphatic heterocycles. The monoisotopic (exact) mass is 343 g/mol. The van der Waals surface area contributed by atoms with Crippen LogP contribution in [0.3, 0.4) is 0 Å². The van der Waals surface area contributed by atoms with Gasteiger partial charge in [-0.25, -0.2) is 4.79 Å². The highest BCUT2D eigenvalue weighted by Gasteiger charge is 2.28. The molecule has 9 heteroatoms. The lowest BCUT2D eigenvalue weighted by atomic mass is 10.1. The Bertz CT molecular complexity index is 622. The average molecular weight is 344 g/mol. The number of rotatable bonds is 4. The van der Waals surface area contributed by atoms with Crippen LogP contribution >= 0.6 is 12.4 Å². The summed E-state index contributed by atoms with van der Waals surface area (Å²) in [4.78, 5) is 34.0. The number of ether oxygens (including phenoxy) is 1. The van der Waals surface area contributed by atoms with Crippen molar-refractivity contribution in [1.29, 1.82) is 0 Å². The van der Waals surface area contributed by atoms with E-state index in [4.69, 9.17) is 5.73 Å². The lowest BCUT2D eigenvalue weighted by molar-refractivity contribution is -0.384. The van der Waals surface area contributed by atoms with Crippen molar-refractivity contribution in [2.45, 2.75) is 25.3 Å². The number of nitro benzene ring substituents is 1. The highest BCUT2D eigenvalue weighted by atomic mass is 35.5. The fourth-order valence-corrected chi connectivity index (χ4v) is 2.52. The number of nitro groups is 1. The predicted octanol–water partition coefficient (Wildman–Crippen LogP) is 1.87. The Hall–Kier alpha value is -2.19. The first kappa shape index (κ1) is 18.9. The third-order valence-electron chi connectivity index (χ3n) is 3.66. The Labute approximate surface area is 138 Å². The van der Waals surface area contributed by atoms with Gasteiger partial charge in [0.05, 0.1) is 17.6 Å². The van der Waals surface area contributed by atoms with E-state index in [9.17, 15) is 19.7 Å². The summed E-state index contributed by atoms with van der Waals surface area (Å²) < 4.78 is 4.55. The quantitative estimate of drug-likeness (QED) is 0.488. The van der Waals surface area contributed by atoms with Crippen LogP contribution in [-0.2, 0) is 9.53 Å². The molecule has 1 fully saturated rings. The van der Waals surface area contributed by atoms with E-state index < -0.39 is 10.9 Å². The zero-order valence-electron chi connectivity index (χ0n) is 12.5. The number of non-ortho nitro benzene ring substituents is 1.